The van der Waals surface area contributed by atoms with E-state index in [-0.39, 0.29) is 5.56 Å². The predicted octanol–water partition coefficient (Wildman–Crippen LogP) is 1.75. The van der Waals surface area contributed by atoms with Crippen molar-refractivity contribution in [2.24, 2.45) is 0 Å². The fourth-order valence-electron chi connectivity index (χ4n) is 1.79. The van der Waals surface area contributed by atoms with Gasteiger partial charge in [-0.15, -0.1) is 0 Å². The number of aromatic amines is 1. The molecular formula is C13H10N4O. The molecule has 0 saturated heterocycles. The highest BCUT2D eigenvalue weighted by molar-refractivity contribution is 5.75. The van der Waals surface area contributed by atoms with Crippen LogP contribution in [0.1, 0.15) is 5.82 Å². The molecule has 3 aromatic rings. The molecule has 0 bridgehead atoms. The van der Waals surface area contributed by atoms with Crippen LogP contribution < -0.4 is 5.56 Å². The minimum Gasteiger partial charge on any atom is -0.306 e. The highest BCUT2D eigenvalue weighted by atomic mass is 16.1. The molecule has 5 heteroatoms. The number of nitrogens with zero attached hydrogens (tertiary/aromatic N) is 3. The van der Waals surface area contributed by atoms with E-state index >= 15 is 0 Å². The van der Waals surface area contributed by atoms with Gasteiger partial charge >= 0.3 is 0 Å². The molecule has 2 heterocycles. The van der Waals surface area contributed by atoms with E-state index in [9.17, 15) is 4.79 Å². The lowest BCUT2D eigenvalue weighted by atomic mass is 10.3. The molecule has 0 unspecified atom stereocenters. The third kappa shape index (κ3) is 1.53. The van der Waals surface area contributed by atoms with Gasteiger partial charge in [0.15, 0.2) is 5.65 Å². The Morgan fingerprint density at radius 1 is 1.28 bits per heavy atom. The molecule has 18 heavy (non-hydrogen) atoms. The van der Waals surface area contributed by atoms with Crippen LogP contribution in [-0.2, 0) is 0 Å². The van der Waals surface area contributed by atoms with Gasteiger partial charge < -0.3 is 4.98 Å². The maximum absolute atomic E-state index is 11.8. The standard InChI is InChI=1S/C13H10N4O/c1-2-11-15-12-10(13(18)16-11)8-14-17(12)9-6-4-3-5-7-9/h2-8H,1H2,(H,15,16,18). The smallest absolute Gasteiger partial charge is 0.262 e. The number of hydrogen-bond acceptors (Lipinski definition) is 3. The Labute approximate surface area is 102 Å². The molecule has 0 aliphatic carbocycles. The molecule has 0 spiro atoms. The Morgan fingerprint density at radius 3 is 2.78 bits per heavy atom. The molecule has 0 saturated carbocycles. The van der Waals surface area contributed by atoms with Crippen LogP contribution in [0.3, 0.4) is 0 Å². The van der Waals surface area contributed by atoms with Gasteiger partial charge in [-0.25, -0.2) is 9.67 Å². The van der Waals surface area contributed by atoms with Crippen LogP contribution >= 0.6 is 0 Å². The van der Waals surface area contributed by atoms with Crippen molar-refractivity contribution in [2.75, 3.05) is 0 Å². The second kappa shape index (κ2) is 3.96. The third-order valence-electron chi connectivity index (χ3n) is 2.65. The zero-order valence-corrected chi connectivity index (χ0v) is 9.50. The Hall–Kier alpha value is -2.69. The first-order chi connectivity index (χ1) is 8.79. The van der Waals surface area contributed by atoms with Crippen molar-refractivity contribution in [3.05, 3.63) is 59.3 Å². The Morgan fingerprint density at radius 2 is 2.06 bits per heavy atom. The lowest BCUT2D eigenvalue weighted by Gasteiger charge is -2.02. The molecule has 0 aliphatic heterocycles. The van der Waals surface area contributed by atoms with Gasteiger partial charge in [-0.3, -0.25) is 4.79 Å². The molecular weight excluding hydrogens is 228 g/mol. The SMILES string of the molecule is C=Cc1nc2c(cnn2-c2ccccc2)c(=O)[nH]1. The minimum atomic E-state index is -0.211. The number of benzene rings is 1. The van der Waals surface area contributed by atoms with Gasteiger partial charge in [-0.1, -0.05) is 24.8 Å². The topological polar surface area (TPSA) is 63.6 Å². The summed E-state index contributed by atoms with van der Waals surface area (Å²) in [6, 6.07) is 9.55. The molecule has 88 valence electrons. The molecule has 1 N–H and O–H groups in total. The lowest BCUT2D eigenvalue weighted by Crippen LogP contribution is -2.10. The Balaban J connectivity index is 2.35. The second-order valence-electron chi connectivity index (χ2n) is 3.78. The monoisotopic (exact) mass is 238 g/mol. The van der Waals surface area contributed by atoms with Gasteiger partial charge in [0.1, 0.15) is 11.2 Å². The highest BCUT2D eigenvalue weighted by Gasteiger charge is 2.09. The molecule has 2 aromatic heterocycles. The van der Waals surface area contributed by atoms with Gasteiger partial charge in [0.2, 0.25) is 0 Å². The van der Waals surface area contributed by atoms with Gasteiger partial charge in [0.25, 0.3) is 5.56 Å². The van der Waals surface area contributed by atoms with Gasteiger partial charge in [0, 0.05) is 0 Å². The van der Waals surface area contributed by atoms with Crippen molar-refractivity contribution in [2.45, 2.75) is 0 Å². The fraction of sp³-hybridized carbons (Fsp3) is 0. The zero-order chi connectivity index (χ0) is 12.5. The number of hydrogen-bond donors (Lipinski definition) is 1. The first-order valence-electron chi connectivity index (χ1n) is 5.45. The van der Waals surface area contributed by atoms with Crippen molar-refractivity contribution in [3.8, 4) is 5.69 Å². The summed E-state index contributed by atoms with van der Waals surface area (Å²) in [4.78, 5) is 18.8. The molecule has 5 nitrogen and oxygen atoms in total. The van der Waals surface area contributed by atoms with Crippen LogP contribution in [0.2, 0.25) is 0 Å². The number of fused-ring (bicyclic) bond motifs is 1. The molecule has 0 fully saturated rings. The van der Waals surface area contributed by atoms with Crippen molar-refractivity contribution in [1.29, 1.82) is 0 Å². The van der Waals surface area contributed by atoms with Crippen LogP contribution in [-0.4, -0.2) is 19.7 Å². The Bertz CT molecular complexity index is 771. The number of para-hydroxylation sites is 1. The van der Waals surface area contributed by atoms with E-state index in [1.807, 2.05) is 30.3 Å². The summed E-state index contributed by atoms with van der Waals surface area (Å²) in [5, 5.41) is 4.66. The number of rotatable bonds is 2. The van der Waals surface area contributed by atoms with Crippen LogP contribution in [0.5, 0.6) is 0 Å². The van der Waals surface area contributed by atoms with E-state index in [4.69, 9.17) is 0 Å². The van der Waals surface area contributed by atoms with Gasteiger partial charge in [0.05, 0.1) is 11.9 Å². The highest BCUT2D eigenvalue weighted by Crippen LogP contribution is 2.13. The molecule has 3 rings (SSSR count). The molecule has 0 radical (unpaired) electrons. The van der Waals surface area contributed by atoms with Crippen molar-refractivity contribution in [1.82, 2.24) is 19.7 Å². The fourth-order valence-corrected chi connectivity index (χ4v) is 1.79. The molecule has 0 atom stereocenters. The first-order valence-corrected chi connectivity index (χ1v) is 5.45. The van der Waals surface area contributed by atoms with Crippen LogP contribution in [0, 0.1) is 0 Å². The number of nitrogens with one attached hydrogen (secondary N) is 1. The summed E-state index contributed by atoms with van der Waals surface area (Å²) in [6.45, 7) is 3.60. The van der Waals surface area contributed by atoms with E-state index in [0.717, 1.165) is 5.69 Å². The van der Waals surface area contributed by atoms with Crippen LogP contribution in [0.4, 0.5) is 0 Å². The predicted molar refractivity (Wildman–Crippen MR) is 69.6 cm³/mol. The summed E-state index contributed by atoms with van der Waals surface area (Å²) in [6.07, 6.45) is 3.02. The third-order valence-corrected chi connectivity index (χ3v) is 2.65. The maximum Gasteiger partial charge on any atom is 0.262 e. The van der Waals surface area contributed by atoms with Gasteiger partial charge in [-0.05, 0) is 18.2 Å². The van der Waals surface area contributed by atoms with Crippen molar-refractivity contribution in [3.63, 3.8) is 0 Å². The maximum atomic E-state index is 11.8. The normalized spacial score (nSPS) is 10.7. The quantitative estimate of drug-likeness (QED) is 0.739. The Kier molecular flexibility index (Phi) is 2.30. The molecule has 1 aromatic carbocycles. The summed E-state index contributed by atoms with van der Waals surface area (Å²) in [5.74, 6) is 0.435. The lowest BCUT2D eigenvalue weighted by molar-refractivity contribution is 0.893. The van der Waals surface area contributed by atoms with Crippen LogP contribution in [0.15, 0.2) is 47.9 Å². The second-order valence-corrected chi connectivity index (χ2v) is 3.78. The minimum absolute atomic E-state index is 0.211. The number of aromatic nitrogens is 4. The van der Waals surface area contributed by atoms with E-state index in [2.05, 4.69) is 21.6 Å². The average Bonchev–Trinajstić information content (AvgIpc) is 2.84. The average molecular weight is 238 g/mol. The van der Waals surface area contributed by atoms with Crippen molar-refractivity contribution < 1.29 is 0 Å². The van der Waals surface area contributed by atoms with Crippen LogP contribution in [0.25, 0.3) is 22.8 Å². The zero-order valence-electron chi connectivity index (χ0n) is 9.50. The first kappa shape index (κ1) is 10.5. The van der Waals surface area contributed by atoms with Gasteiger partial charge in [-0.2, -0.15) is 5.10 Å². The molecule has 0 amide bonds. The summed E-state index contributed by atoms with van der Waals surface area (Å²) >= 11 is 0. The summed E-state index contributed by atoms with van der Waals surface area (Å²) < 4.78 is 1.64. The van der Waals surface area contributed by atoms with E-state index < -0.39 is 0 Å². The van der Waals surface area contributed by atoms with E-state index in [0.29, 0.717) is 16.9 Å². The van der Waals surface area contributed by atoms with E-state index in [1.165, 1.54) is 12.3 Å². The van der Waals surface area contributed by atoms with Crippen molar-refractivity contribution >= 4 is 17.1 Å². The molecule has 0 aliphatic rings. The van der Waals surface area contributed by atoms with E-state index in [1.54, 1.807) is 4.68 Å². The summed E-state index contributed by atoms with van der Waals surface area (Å²) in [7, 11) is 0. The summed E-state index contributed by atoms with van der Waals surface area (Å²) in [5.41, 5.74) is 1.18. The number of H-pyrrole nitrogens is 1. The largest absolute Gasteiger partial charge is 0.306 e.